The number of ether oxygens (including phenoxy) is 2. The van der Waals surface area contributed by atoms with Crippen molar-refractivity contribution in [2.24, 2.45) is 0 Å². The van der Waals surface area contributed by atoms with Crippen LogP contribution in [-0.4, -0.2) is 29.4 Å². The number of aliphatic hydroxyl groups is 1. The fourth-order valence-corrected chi connectivity index (χ4v) is 1.13. The first-order valence-electron chi connectivity index (χ1n) is 5.33. The lowest BCUT2D eigenvalue weighted by atomic mass is 10.3. The number of carbonyl (C=O) groups excluding carboxylic acids is 1. The van der Waals surface area contributed by atoms with Crippen LogP contribution in [0.2, 0.25) is 0 Å². The first-order valence-corrected chi connectivity index (χ1v) is 5.33. The Morgan fingerprint density at radius 2 is 1.94 bits per heavy atom. The summed E-state index contributed by atoms with van der Waals surface area (Å²) in [5.41, 5.74) is -0.0846. The highest BCUT2D eigenvalue weighted by atomic mass is 16.7. The smallest absolute Gasteiger partial charge is 0.434 e. The Bertz CT molecular complexity index is 402. The lowest BCUT2D eigenvalue weighted by molar-refractivity contribution is -0.384. The van der Waals surface area contributed by atoms with Crippen LogP contribution in [0.5, 0.6) is 5.75 Å². The summed E-state index contributed by atoms with van der Waals surface area (Å²) >= 11 is 0. The highest BCUT2D eigenvalue weighted by molar-refractivity contribution is 5.63. The largest absolute Gasteiger partial charge is 0.513 e. The van der Waals surface area contributed by atoms with Gasteiger partial charge in [-0.3, -0.25) is 10.1 Å². The third kappa shape index (κ3) is 4.79. The fourth-order valence-electron chi connectivity index (χ4n) is 1.13. The molecule has 0 aliphatic heterocycles. The molecule has 98 valence electrons. The molecule has 0 aliphatic carbocycles. The van der Waals surface area contributed by atoms with Crippen molar-refractivity contribution in [3.63, 3.8) is 0 Å². The second-order valence-electron chi connectivity index (χ2n) is 3.38. The highest BCUT2D eigenvalue weighted by Gasteiger charge is 2.08. The van der Waals surface area contributed by atoms with Crippen LogP contribution in [0.25, 0.3) is 0 Å². The molecule has 1 aromatic rings. The van der Waals surface area contributed by atoms with Crippen molar-refractivity contribution in [2.45, 2.75) is 12.8 Å². The Morgan fingerprint density at radius 3 is 2.50 bits per heavy atom. The number of nitro groups is 1. The molecule has 0 radical (unpaired) electrons. The Morgan fingerprint density at radius 1 is 1.28 bits per heavy atom. The van der Waals surface area contributed by atoms with Crippen molar-refractivity contribution in [2.75, 3.05) is 13.2 Å². The molecule has 0 unspecified atom stereocenters. The molecular formula is C11H13NO6. The van der Waals surface area contributed by atoms with Gasteiger partial charge in [-0.05, 0) is 25.0 Å². The summed E-state index contributed by atoms with van der Waals surface area (Å²) in [7, 11) is 0. The van der Waals surface area contributed by atoms with Crippen LogP contribution in [-0.2, 0) is 4.74 Å². The van der Waals surface area contributed by atoms with E-state index in [1.54, 1.807) is 0 Å². The van der Waals surface area contributed by atoms with Gasteiger partial charge in [0.1, 0.15) is 5.75 Å². The molecule has 0 fully saturated rings. The first-order chi connectivity index (χ1) is 8.63. The predicted octanol–water partition coefficient (Wildman–Crippen LogP) is 1.88. The van der Waals surface area contributed by atoms with Gasteiger partial charge in [0, 0.05) is 18.7 Å². The van der Waals surface area contributed by atoms with E-state index in [4.69, 9.17) is 14.6 Å². The molecule has 7 nitrogen and oxygen atoms in total. The average Bonchev–Trinajstić information content (AvgIpc) is 2.35. The van der Waals surface area contributed by atoms with Crippen molar-refractivity contribution in [3.8, 4) is 5.75 Å². The van der Waals surface area contributed by atoms with Gasteiger partial charge < -0.3 is 14.6 Å². The number of nitrogens with zero attached hydrogens (tertiary/aromatic N) is 1. The Labute approximate surface area is 103 Å². The molecule has 0 aromatic heterocycles. The van der Waals surface area contributed by atoms with Crippen LogP contribution < -0.4 is 4.74 Å². The molecule has 0 amide bonds. The standard InChI is InChI=1S/C11H13NO6/c13-7-1-2-8-17-11(14)18-10-5-3-9(4-6-10)12(15)16/h3-6,13H,1-2,7-8H2. The minimum Gasteiger partial charge on any atom is -0.434 e. The highest BCUT2D eigenvalue weighted by Crippen LogP contribution is 2.17. The van der Waals surface area contributed by atoms with Gasteiger partial charge in [0.2, 0.25) is 0 Å². The Hall–Kier alpha value is -2.15. The Balaban J connectivity index is 2.37. The third-order valence-electron chi connectivity index (χ3n) is 2.02. The third-order valence-corrected chi connectivity index (χ3v) is 2.02. The van der Waals surface area contributed by atoms with E-state index in [2.05, 4.69) is 0 Å². The number of aliphatic hydroxyl groups excluding tert-OH is 1. The van der Waals surface area contributed by atoms with Gasteiger partial charge in [-0.2, -0.15) is 0 Å². The van der Waals surface area contributed by atoms with E-state index in [0.29, 0.717) is 12.8 Å². The monoisotopic (exact) mass is 255 g/mol. The van der Waals surface area contributed by atoms with Crippen molar-refractivity contribution in [3.05, 3.63) is 34.4 Å². The zero-order valence-corrected chi connectivity index (χ0v) is 9.57. The van der Waals surface area contributed by atoms with Crippen LogP contribution in [0.1, 0.15) is 12.8 Å². The predicted molar refractivity (Wildman–Crippen MR) is 61.4 cm³/mol. The van der Waals surface area contributed by atoms with Gasteiger partial charge in [0.25, 0.3) is 5.69 Å². The topological polar surface area (TPSA) is 98.9 Å². The average molecular weight is 255 g/mol. The Kier molecular flexibility index (Phi) is 5.59. The zero-order valence-electron chi connectivity index (χ0n) is 9.57. The van der Waals surface area contributed by atoms with Gasteiger partial charge in [-0.15, -0.1) is 0 Å². The van der Waals surface area contributed by atoms with Crippen molar-refractivity contribution in [1.82, 2.24) is 0 Å². The number of rotatable bonds is 6. The van der Waals surface area contributed by atoms with Crippen molar-refractivity contribution < 1.29 is 24.3 Å². The van der Waals surface area contributed by atoms with Gasteiger partial charge in [0.05, 0.1) is 11.5 Å². The number of carbonyl (C=O) groups is 1. The number of benzene rings is 1. The van der Waals surface area contributed by atoms with Gasteiger partial charge in [0.15, 0.2) is 0 Å². The van der Waals surface area contributed by atoms with Crippen LogP contribution in [0.3, 0.4) is 0 Å². The lowest BCUT2D eigenvalue weighted by Gasteiger charge is -2.05. The molecule has 0 spiro atoms. The summed E-state index contributed by atoms with van der Waals surface area (Å²) in [6, 6.07) is 5.09. The second-order valence-corrected chi connectivity index (χ2v) is 3.38. The SMILES string of the molecule is O=C(OCCCCO)Oc1ccc([N+](=O)[O-])cc1. The second kappa shape index (κ2) is 7.23. The maximum Gasteiger partial charge on any atom is 0.513 e. The van der Waals surface area contributed by atoms with Crippen molar-refractivity contribution in [1.29, 1.82) is 0 Å². The summed E-state index contributed by atoms with van der Waals surface area (Å²) in [5.74, 6) is 0.174. The normalized spacial score (nSPS) is 9.83. The molecule has 1 aromatic carbocycles. The van der Waals surface area contributed by atoms with E-state index in [1.165, 1.54) is 24.3 Å². The van der Waals surface area contributed by atoms with Crippen LogP contribution in [0.4, 0.5) is 10.5 Å². The van der Waals surface area contributed by atoms with E-state index in [1.807, 2.05) is 0 Å². The van der Waals surface area contributed by atoms with E-state index in [9.17, 15) is 14.9 Å². The van der Waals surface area contributed by atoms with Gasteiger partial charge in [-0.1, -0.05) is 0 Å². The summed E-state index contributed by atoms with van der Waals surface area (Å²) in [6.45, 7) is 0.202. The maximum absolute atomic E-state index is 11.2. The quantitative estimate of drug-likeness (QED) is 0.274. The summed E-state index contributed by atoms with van der Waals surface area (Å²) in [4.78, 5) is 21.0. The van der Waals surface area contributed by atoms with E-state index in [0.717, 1.165) is 0 Å². The van der Waals surface area contributed by atoms with E-state index in [-0.39, 0.29) is 24.7 Å². The number of unbranched alkanes of at least 4 members (excludes halogenated alkanes) is 1. The summed E-state index contributed by atoms with van der Waals surface area (Å²) in [5, 5.41) is 18.9. The van der Waals surface area contributed by atoms with Gasteiger partial charge in [-0.25, -0.2) is 4.79 Å². The molecule has 1 N–H and O–H groups in total. The molecule has 0 saturated heterocycles. The molecular weight excluding hydrogens is 242 g/mol. The molecule has 0 saturated carbocycles. The first kappa shape index (κ1) is 13.9. The maximum atomic E-state index is 11.2. The molecule has 0 atom stereocenters. The molecule has 0 aliphatic rings. The van der Waals surface area contributed by atoms with Crippen LogP contribution >= 0.6 is 0 Å². The van der Waals surface area contributed by atoms with Crippen molar-refractivity contribution >= 4 is 11.8 Å². The van der Waals surface area contributed by atoms with E-state index < -0.39 is 11.1 Å². The summed E-state index contributed by atoms with van der Waals surface area (Å²) in [6.07, 6.45) is 0.221. The molecule has 7 heteroatoms. The lowest BCUT2D eigenvalue weighted by Crippen LogP contribution is -2.11. The minimum atomic E-state index is -0.873. The molecule has 18 heavy (non-hydrogen) atoms. The number of hydrogen-bond acceptors (Lipinski definition) is 6. The molecule has 1 rings (SSSR count). The minimum absolute atomic E-state index is 0.0424. The van der Waals surface area contributed by atoms with Crippen LogP contribution in [0.15, 0.2) is 24.3 Å². The fraction of sp³-hybridized carbons (Fsp3) is 0.364. The number of non-ortho nitro benzene ring substituents is 1. The molecule has 0 bridgehead atoms. The summed E-state index contributed by atoms with van der Waals surface area (Å²) < 4.78 is 9.50. The van der Waals surface area contributed by atoms with Gasteiger partial charge >= 0.3 is 6.16 Å². The number of hydrogen-bond donors (Lipinski definition) is 1. The van der Waals surface area contributed by atoms with Crippen LogP contribution in [0, 0.1) is 10.1 Å². The van der Waals surface area contributed by atoms with E-state index >= 15 is 0 Å². The number of nitro benzene ring substituents is 1. The molecule has 0 heterocycles. The zero-order chi connectivity index (χ0) is 13.4.